The Morgan fingerprint density at radius 1 is 0.969 bits per heavy atom. The average molecular weight is 470 g/mol. The molecule has 1 N–H and O–H groups in total. The van der Waals surface area contributed by atoms with Gasteiger partial charge in [0.15, 0.2) is 0 Å². The van der Waals surface area contributed by atoms with Gasteiger partial charge >= 0.3 is 0 Å². The van der Waals surface area contributed by atoms with Gasteiger partial charge in [-0.05, 0) is 73.0 Å². The summed E-state index contributed by atoms with van der Waals surface area (Å²) >= 11 is 12.3. The van der Waals surface area contributed by atoms with Gasteiger partial charge in [0.05, 0.1) is 21.7 Å². The van der Waals surface area contributed by atoms with Crippen molar-refractivity contribution < 1.29 is 19.1 Å². The second-order valence-corrected chi connectivity index (χ2v) is 8.46. The van der Waals surface area contributed by atoms with Crippen LogP contribution in [0.2, 0.25) is 10.0 Å². The summed E-state index contributed by atoms with van der Waals surface area (Å²) in [6, 6.07) is 15.0. The van der Waals surface area contributed by atoms with Crippen molar-refractivity contribution >= 4 is 46.3 Å². The van der Waals surface area contributed by atoms with Crippen LogP contribution in [0.25, 0.3) is 5.76 Å². The lowest BCUT2D eigenvalue weighted by Crippen LogP contribution is -2.29. The second-order valence-electron chi connectivity index (χ2n) is 7.65. The molecule has 1 fully saturated rings. The lowest BCUT2D eigenvalue weighted by atomic mass is 9.94. The van der Waals surface area contributed by atoms with Crippen LogP contribution >= 0.6 is 23.2 Å². The summed E-state index contributed by atoms with van der Waals surface area (Å²) in [4.78, 5) is 27.6. The third-order valence-electron chi connectivity index (χ3n) is 5.42. The summed E-state index contributed by atoms with van der Waals surface area (Å²) in [6.07, 6.45) is 0. The highest BCUT2D eigenvalue weighted by Crippen LogP contribution is 2.43. The van der Waals surface area contributed by atoms with E-state index < -0.39 is 29.3 Å². The molecule has 1 saturated heterocycles. The van der Waals surface area contributed by atoms with Crippen molar-refractivity contribution in [1.29, 1.82) is 0 Å². The number of halogens is 3. The Kier molecular flexibility index (Phi) is 5.80. The number of carbonyl (C=O) groups is 2. The number of rotatable bonds is 3. The summed E-state index contributed by atoms with van der Waals surface area (Å²) in [6.45, 7) is 3.42. The van der Waals surface area contributed by atoms with Gasteiger partial charge in [-0.2, -0.15) is 0 Å². The smallest absolute Gasteiger partial charge is 0.300 e. The molecule has 1 unspecified atom stereocenters. The fraction of sp³-hybridized carbons (Fsp3) is 0.120. The van der Waals surface area contributed by atoms with Crippen LogP contribution in [0.4, 0.5) is 10.1 Å². The zero-order valence-electron chi connectivity index (χ0n) is 17.2. The molecule has 7 heteroatoms. The van der Waals surface area contributed by atoms with Crippen LogP contribution < -0.4 is 4.90 Å². The molecular formula is C25H18Cl2FNO3. The van der Waals surface area contributed by atoms with Crippen molar-refractivity contribution in [2.45, 2.75) is 19.9 Å². The van der Waals surface area contributed by atoms with E-state index in [0.717, 1.165) is 5.56 Å². The molecule has 162 valence electrons. The maximum absolute atomic E-state index is 13.8. The molecule has 32 heavy (non-hydrogen) atoms. The monoisotopic (exact) mass is 469 g/mol. The summed E-state index contributed by atoms with van der Waals surface area (Å²) in [5.74, 6) is -2.46. The maximum Gasteiger partial charge on any atom is 0.300 e. The van der Waals surface area contributed by atoms with E-state index in [-0.39, 0.29) is 16.2 Å². The van der Waals surface area contributed by atoms with Crippen molar-refractivity contribution in [3.8, 4) is 0 Å². The Labute approximate surface area is 194 Å². The second kappa shape index (κ2) is 8.41. The van der Waals surface area contributed by atoms with Crippen LogP contribution in [0.3, 0.4) is 0 Å². The van der Waals surface area contributed by atoms with Gasteiger partial charge in [-0.25, -0.2) is 4.39 Å². The van der Waals surface area contributed by atoms with Gasteiger partial charge in [-0.3, -0.25) is 14.5 Å². The highest BCUT2D eigenvalue weighted by molar-refractivity contribution is 6.51. The molecule has 0 saturated carbocycles. The number of ketones is 1. The number of hydrogen-bond acceptors (Lipinski definition) is 3. The molecule has 3 aromatic rings. The number of aliphatic hydroxyl groups is 1. The predicted octanol–water partition coefficient (Wildman–Crippen LogP) is 6.38. The van der Waals surface area contributed by atoms with E-state index in [1.807, 2.05) is 13.0 Å². The molecule has 0 aromatic heterocycles. The fourth-order valence-electron chi connectivity index (χ4n) is 3.82. The third kappa shape index (κ3) is 3.78. The molecular weight excluding hydrogens is 452 g/mol. The number of hydrogen-bond donors (Lipinski definition) is 1. The largest absolute Gasteiger partial charge is 0.507 e. The van der Waals surface area contributed by atoms with Crippen molar-refractivity contribution in [3.63, 3.8) is 0 Å². The van der Waals surface area contributed by atoms with Gasteiger partial charge in [-0.1, -0.05) is 41.4 Å². The minimum Gasteiger partial charge on any atom is -0.507 e. The number of benzene rings is 3. The van der Waals surface area contributed by atoms with Crippen molar-refractivity contribution in [1.82, 2.24) is 0 Å². The maximum atomic E-state index is 13.8. The summed E-state index contributed by atoms with van der Waals surface area (Å²) in [5.41, 5.74) is 2.31. The lowest BCUT2D eigenvalue weighted by molar-refractivity contribution is -0.132. The Bertz CT molecular complexity index is 1300. The van der Waals surface area contributed by atoms with E-state index in [4.69, 9.17) is 23.2 Å². The van der Waals surface area contributed by atoms with Gasteiger partial charge in [0.2, 0.25) is 0 Å². The number of Topliss-reactive ketones (excluding diaryl/α,β-unsaturated/α-hetero) is 1. The molecule has 1 atom stereocenters. The summed E-state index contributed by atoms with van der Waals surface area (Å²) in [5, 5.41) is 11.7. The molecule has 0 radical (unpaired) electrons. The number of carbonyl (C=O) groups excluding carboxylic acids is 2. The third-order valence-corrected chi connectivity index (χ3v) is 6.15. The van der Waals surface area contributed by atoms with Crippen LogP contribution in [-0.2, 0) is 9.59 Å². The Morgan fingerprint density at radius 3 is 2.38 bits per heavy atom. The van der Waals surface area contributed by atoms with E-state index in [1.54, 1.807) is 43.3 Å². The number of nitrogens with zero attached hydrogens (tertiary/aromatic N) is 1. The van der Waals surface area contributed by atoms with Gasteiger partial charge in [-0.15, -0.1) is 0 Å². The molecule has 1 amide bonds. The number of amides is 1. The van der Waals surface area contributed by atoms with Crippen LogP contribution in [0.5, 0.6) is 0 Å². The van der Waals surface area contributed by atoms with E-state index in [2.05, 4.69) is 0 Å². The summed E-state index contributed by atoms with van der Waals surface area (Å²) in [7, 11) is 0. The normalized spacial score (nSPS) is 17.8. The molecule has 1 heterocycles. The van der Waals surface area contributed by atoms with E-state index in [0.29, 0.717) is 21.8 Å². The quantitative estimate of drug-likeness (QED) is 0.275. The van der Waals surface area contributed by atoms with E-state index >= 15 is 0 Å². The zero-order chi connectivity index (χ0) is 23.2. The molecule has 4 rings (SSSR count). The fourth-order valence-corrected chi connectivity index (χ4v) is 4.13. The van der Waals surface area contributed by atoms with Crippen LogP contribution in [0.1, 0.15) is 28.3 Å². The Balaban J connectivity index is 1.98. The Morgan fingerprint density at radius 2 is 1.72 bits per heavy atom. The van der Waals surface area contributed by atoms with E-state index in [9.17, 15) is 19.1 Å². The SMILES string of the molecule is Cc1cccc(N2C(=O)C(=O)/C(=C(\O)c3ccc(F)c(C)c3)C2c2ccc(Cl)c(Cl)c2)c1. The molecule has 0 aliphatic carbocycles. The van der Waals surface area contributed by atoms with E-state index in [1.165, 1.54) is 23.1 Å². The minimum absolute atomic E-state index is 0.110. The molecule has 0 spiro atoms. The molecule has 3 aromatic carbocycles. The van der Waals surface area contributed by atoms with Gasteiger partial charge < -0.3 is 5.11 Å². The molecule has 0 bridgehead atoms. The van der Waals surface area contributed by atoms with Crippen LogP contribution in [-0.4, -0.2) is 16.8 Å². The first-order valence-electron chi connectivity index (χ1n) is 9.78. The predicted molar refractivity (Wildman–Crippen MR) is 124 cm³/mol. The number of aliphatic hydroxyl groups excluding tert-OH is 1. The lowest BCUT2D eigenvalue weighted by Gasteiger charge is -2.26. The average Bonchev–Trinajstić information content (AvgIpc) is 3.02. The number of aryl methyl sites for hydroxylation is 2. The standard InChI is InChI=1S/C25H18Cl2FNO3/c1-13-4-3-5-17(10-13)29-22(15-6-8-18(26)19(27)12-15)21(24(31)25(29)32)23(30)16-7-9-20(28)14(2)11-16/h3-12,22,30H,1-2H3/b23-21-. The van der Waals surface area contributed by atoms with Crippen molar-refractivity contribution in [2.24, 2.45) is 0 Å². The van der Waals surface area contributed by atoms with Gasteiger partial charge in [0.1, 0.15) is 11.6 Å². The van der Waals surface area contributed by atoms with Crippen LogP contribution in [0.15, 0.2) is 66.2 Å². The zero-order valence-corrected chi connectivity index (χ0v) is 18.7. The van der Waals surface area contributed by atoms with Crippen LogP contribution in [0, 0.1) is 19.7 Å². The van der Waals surface area contributed by atoms with Crippen molar-refractivity contribution in [3.05, 3.63) is 104 Å². The molecule has 1 aliphatic rings. The first-order chi connectivity index (χ1) is 15.2. The van der Waals surface area contributed by atoms with Gasteiger partial charge in [0, 0.05) is 11.3 Å². The highest BCUT2D eigenvalue weighted by atomic mass is 35.5. The van der Waals surface area contributed by atoms with Gasteiger partial charge in [0.25, 0.3) is 11.7 Å². The molecule has 4 nitrogen and oxygen atoms in total. The first-order valence-corrected chi connectivity index (χ1v) is 10.5. The highest BCUT2D eigenvalue weighted by Gasteiger charge is 2.47. The minimum atomic E-state index is -0.947. The number of anilines is 1. The van der Waals surface area contributed by atoms with Crippen molar-refractivity contribution in [2.75, 3.05) is 4.90 Å². The summed E-state index contributed by atoms with van der Waals surface area (Å²) < 4.78 is 13.8. The topological polar surface area (TPSA) is 57.6 Å². The first kappa shape index (κ1) is 22.1. The molecule has 1 aliphatic heterocycles. The Hall–Kier alpha value is -3.15.